The Morgan fingerprint density at radius 2 is 0.699 bits per heavy atom. The molecule has 0 unspecified atom stereocenters. The van der Waals surface area contributed by atoms with Gasteiger partial charge in [0, 0.05) is 169 Å². The first-order chi connectivity index (χ1) is 68.9. The van der Waals surface area contributed by atoms with E-state index < -0.39 is 0 Å². The lowest BCUT2D eigenvalue weighted by Crippen LogP contribution is -2.28. The van der Waals surface area contributed by atoms with Crippen molar-refractivity contribution in [1.29, 1.82) is 0 Å². The molecule has 0 radical (unpaired) electrons. The highest BCUT2D eigenvalue weighted by atomic mass is 35.5. The Bertz CT molecular complexity index is 7400. The van der Waals surface area contributed by atoms with Crippen molar-refractivity contribution in [2.75, 3.05) is 133 Å². The fraction of sp³-hybridized carbons (Fsp3) is 0.271. The first-order valence-corrected chi connectivity index (χ1v) is 49.6. The van der Waals surface area contributed by atoms with Gasteiger partial charge >= 0.3 is 0 Å². The van der Waals surface area contributed by atoms with E-state index in [1.807, 2.05) is 194 Å². The van der Waals surface area contributed by atoms with Crippen molar-refractivity contribution in [3.63, 3.8) is 0 Å². The average molecular weight is 2060 g/mol. The number of carbonyl (C=O) groups is 4. The smallest absolute Gasteiger partial charge is 0.250 e. The molecule has 143 heavy (non-hydrogen) atoms. The van der Waals surface area contributed by atoms with E-state index in [1.165, 1.54) is 76.7 Å². The van der Waals surface area contributed by atoms with E-state index >= 15 is 0 Å². The number of hydrogen-bond donors (Lipinski definition) is 4. The summed E-state index contributed by atoms with van der Waals surface area (Å²) < 4.78 is 13.0. The van der Waals surface area contributed by atoms with E-state index in [-0.39, 0.29) is 29.7 Å². The molecule has 0 bridgehead atoms. The van der Waals surface area contributed by atoms with Crippen LogP contribution >= 0.6 is 81.2 Å². The number of benzene rings is 7. The molecule has 7 aromatic carbocycles. The molecule has 4 amide bonds. The third-order valence-corrected chi connectivity index (χ3v) is 28.8. The summed E-state index contributed by atoms with van der Waals surface area (Å²) in [7, 11) is 15.3. The van der Waals surface area contributed by atoms with Crippen LogP contribution in [0.5, 0.6) is 5.75 Å². The standard InChI is InChI=1S/C29H31ClN6O2.2C27H26Cl2N6O.C24H26Cl2N6O/c1-18-10-11-19(15-23(18)38-4)25-26-28(31)32-17-33-29(26)36(27(25)30)22-8-5-7-21(16-22)35(3)24(37)9-6-14-34(2)20-12-13-20;1-33(19-12-13-19)14-4-7-22(36)34(2)20-5-3-6-21(15-20)35-25(29)23(17-8-10-18(28)11-9-17)24-26(30)31-16-32-27(24)35;1-33(19-9-10-19)15-3-4-22(36)34(2)20-11-13-21(14-12-20)35-25(29)23(17-5-7-18(28)8-6-17)24-26(30)31-16-32-27(24)35;1-30(17-8-9-17)11-2-3-19(33)31-12-10-18(13-31)32-22(26)20(15-4-6-16(25)7-5-15)21-23(27)28-14-29-24(21)32/h5-11,15-17,20H,12-14H2,1-4H3,(H2,31,32,33);3-11,15-16,19H,12-14H2,1-2H3,(H2,30,31,32);3-8,11-14,16,19H,9-10,15H2,1-2H3,(H2,30,31,32);2-7,14,17-18H,8-13H2,1H3,(H2,27,28,29)/b9-6+;7-4+;4-3+;3-2+/t;;;18-/m...1/s1. The second-order valence-corrected chi connectivity index (χ2v) is 39.1. The van der Waals surface area contributed by atoms with Crippen LogP contribution in [0.2, 0.25) is 35.7 Å². The predicted molar refractivity (Wildman–Crippen MR) is 580 cm³/mol. The van der Waals surface area contributed by atoms with Gasteiger partial charge in [-0.1, -0.05) is 166 Å². The van der Waals surface area contributed by atoms with E-state index in [0.717, 1.165) is 128 Å². The summed E-state index contributed by atoms with van der Waals surface area (Å²) in [6.45, 7) is 6.28. The topological polar surface area (TPSA) is 330 Å². The van der Waals surface area contributed by atoms with Gasteiger partial charge in [-0.25, -0.2) is 39.9 Å². The number of anilines is 7. The van der Waals surface area contributed by atoms with E-state index in [9.17, 15) is 19.2 Å². The number of aryl methyl sites for hydroxylation is 1. The third-order valence-electron chi connectivity index (χ3n) is 26.6. The summed E-state index contributed by atoms with van der Waals surface area (Å²) in [5.74, 6) is 1.86. The Morgan fingerprint density at radius 3 is 1.07 bits per heavy atom. The number of halogens is 7. The second-order valence-electron chi connectivity index (χ2n) is 36.3. The Labute approximate surface area is 864 Å². The highest BCUT2D eigenvalue weighted by molar-refractivity contribution is 6.38. The van der Waals surface area contributed by atoms with Crippen LogP contribution in [0.25, 0.3) is 106 Å². The van der Waals surface area contributed by atoms with Gasteiger partial charge in [-0.15, -0.1) is 0 Å². The molecule has 1 saturated heterocycles. The van der Waals surface area contributed by atoms with E-state index in [0.29, 0.717) is 135 Å². The van der Waals surface area contributed by atoms with Gasteiger partial charge in [-0.05, 0) is 224 Å². The maximum absolute atomic E-state index is 12.9. The number of nitrogens with two attached hydrogens (primary N) is 4. The minimum Gasteiger partial charge on any atom is -0.496 e. The maximum atomic E-state index is 12.9. The van der Waals surface area contributed by atoms with Crippen LogP contribution in [-0.2, 0) is 19.2 Å². The Hall–Kier alpha value is -13.3. The molecule has 15 aromatic rings. The van der Waals surface area contributed by atoms with Crippen molar-refractivity contribution in [3.05, 3.63) is 279 Å². The van der Waals surface area contributed by atoms with Crippen molar-refractivity contribution in [1.82, 2.24) is 82.6 Å². The molecule has 4 aliphatic carbocycles. The number of methoxy groups -OCH3 is 1. The largest absolute Gasteiger partial charge is 0.496 e. The van der Waals surface area contributed by atoms with Crippen LogP contribution in [0.1, 0.15) is 69.4 Å². The average Bonchev–Trinajstić information content (AvgIpc) is 1.63. The van der Waals surface area contributed by atoms with E-state index in [2.05, 4.69) is 87.7 Å². The number of likely N-dealkylation sites (tertiary alicyclic amines) is 1. The van der Waals surface area contributed by atoms with Gasteiger partial charge in [0.1, 0.15) is 80.6 Å². The van der Waals surface area contributed by atoms with Crippen LogP contribution in [0, 0.1) is 6.92 Å². The molecule has 8 N–H and O–H groups in total. The lowest BCUT2D eigenvalue weighted by molar-refractivity contribution is -0.125. The molecule has 36 heteroatoms. The van der Waals surface area contributed by atoms with Crippen LogP contribution in [0.15, 0.2) is 238 Å². The van der Waals surface area contributed by atoms with Gasteiger partial charge < -0.3 is 51.8 Å². The second kappa shape index (κ2) is 44.3. The summed E-state index contributed by atoms with van der Waals surface area (Å²) in [5, 5.41) is 6.46. The van der Waals surface area contributed by atoms with Gasteiger partial charge in [0.2, 0.25) is 23.6 Å². The quantitative estimate of drug-likeness (QED) is 0.0331. The zero-order chi connectivity index (χ0) is 101. The molecule has 1 atom stereocenters. The number of nitrogens with zero attached hydrogens (tertiary/aromatic N) is 20. The van der Waals surface area contributed by atoms with Gasteiger partial charge in [-0.2, -0.15) is 0 Å². The minimum absolute atomic E-state index is 0.00170. The lowest BCUT2D eigenvalue weighted by Gasteiger charge is -2.18. The van der Waals surface area contributed by atoms with Gasteiger partial charge in [0.15, 0.2) is 16.9 Å². The maximum Gasteiger partial charge on any atom is 0.250 e. The number of carbonyl (C=O) groups excluding carboxylic acids is 4. The molecule has 29 nitrogen and oxygen atoms in total. The zero-order valence-electron chi connectivity index (χ0n) is 80.5. The number of amides is 4. The van der Waals surface area contributed by atoms with Crippen LogP contribution in [0.3, 0.4) is 0 Å². The number of fused-ring (bicyclic) bond motifs is 4. The number of hydrogen-bond acceptors (Lipinski definition) is 21. The molecule has 20 rings (SSSR count). The fourth-order valence-electron chi connectivity index (χ4n) is 17.8. The number of rotatable bonds is 28. The van der Waals surface area contributed by atoms with Crippen molar-refractivity contribution in [3.8, 4) is 67.3 Å². The monoisotopic (exact) mass is 2050 g/mol. The highest BCUT2D eigenvalue weighted by Crippen LogP contribution is 2.49. The van der Waals surface area contributed by atoms with Gasteiger partial charge in [0.05, 0.1) is 46.1 Å². The van der Waals surface area contributed by atoms with Crippen molar-refractivity contribution >= 4 is 189 Å². The van der Waals surface area contributed by atoms with Gasteiger partial charge in [0.25, 0.3) is 0 Å². The highest BCUT2D eigenvalue weighted by Gasteiger charge is 2.35. The van der Waals surface area contributed by atoms with Crippen LogP contribution in [0.4, 0.5) is 40.3 Å². The van der Waals surface area contributed by atoms with Crippen LogP contribution in [-0.4, -0.2) is 226 Å². The molecular weight excluding hydrogens is 1950 g/mol. The molecule has 1 aliphatic heterocycles. The predicted octanol–water partition coefficient (Wildman–Crippen LogP) is 20.8. The Kier molecular flexibility index (Phi) is 31.4. The summed E-state index contributed by atoms with van der Waals surface area (Å²) in [5.41, 5.74) is 39.5. The SMILES string of the molecule is CN(C(=O)/C=C/CN(C)C1CC1)c1ccc(-n2c(Cl)c(-c3ccc(Cl)cc3)c3c(N)ncnc32)cc1.CN(C(=O)/C=C/CN(C)C1CC1)c1cccc(-n2c(Cl)c(-c3ccc(Cl)cc3)c3c(N)ncnc32)c1.CN(C/C=C/C(=O)N1CC[C@@H](n2c(Cl)c(-c3ccc(Cl)cc3)c3c(N)ncnc32)C1)C1CC1.COc1cc(-c2c(Cl)n(-c3cccc(N(C)C(=O)/C=C/CN(C)C4CC4)c3)c3ncnc(N)c23)ccc1C. The van der Waals surface area contributed by atoms with E-state index in [1.54, 1.807) is 91.5 Å². The molecule has 8 aromatic heterocycles. The molecule has 5 aliphatic rings. The normalized spacial score (nSPS) is 14.8. The fourth-order valence-corrected chi connectivity index (χ4v) is 19.7. The molecule has 4 saturated carbocycles. The first kappa shape index (κ1) is 101. The number of ether oxygens (including phenoxy) is 1. The number of likely N-dealkylation sites (N-methyl/N-ethyl adjacent to an activating group) is 7. The Balaban J connectivity index is 0.000000131. The molecule has 736 valence electrons. The molecule has 0 spiro atoms. The molecule has 9 heterocycles. The first-order valence-electron chi connectivity index (χ1n) is 47.0. The number of aromatic nitrogens is 12. The summed E-state index contributed by atoms with van der Waals surface area (Å²) >= 11 is 46.2. The minimum atomic E-state index is -0.103. The van der Waals surface area contributed by atoms with Crippen molar-refractivity contribution in [2.45, 2.75) is 94.9 Å². The summed E-state index contributed by atoms with van der Waals surface area (Å²) in [4.78, 5) is 102. The third kappa shape index (κ3) is 22.6. The zero-order valence-corrected chi connectivity index (χ0v) is 85.7. The van der Waals surface area contributed by atoms with Crippen molar-refractivity contribution < 1.29 is 23.9 Å². The van der Waals surface area contributed by atoms with Gasteiger partial charge in [-0.3, -0.25) is 52.5 Å². The Morgan fingerprint density at radius 1 is 0.371 bits per heavy atom. The lowest BCUT2D eigenvalue weighted by atomic mass is 10.0. The van der Waals surface area contributed by atoms with Crippen LogP contribution < -0.4 is 42.4 Å². The molecule has 5 fully saturated rings. The molecular formula is C107H109Cl7N24O5. The summed E-state index contributed by atoms with van der Waals surface area (Å²) in [6, 6.07) is 53.5. The summed E-state index contributed by atoms with van der Waals surface area (Å²) in [6.07, 6.45) is 30.7. The number of nitrogen functional groups attached to an aromatic ring is 4. The van der Waals surface area contributed by atoms with E-state index in [4.69, 9.17) is 109 Å². The van der Waals surface area contributed by atoms with Crippen molar-refractivity contribution in [2.24, 2.45) is 0 Å².